The van der Waals surface area contributed by atoms with Crippen LogP contribution in [-0.4, -0.2) is 11.2 Å². The highest BCUT2D eigenvalue weighted by Gasteiger charge is 2.22. The van der Waals surface area contributed by atoms with Crippen molar-refractivity contribution < 1.29 is 9.47 Å². The summed E-state index contributed by atoms with van der Waals surface area (Å²) in [6, 6.07) is 8.66. The smallest absolute Gasteiger partial charge is 0.162 e. The lowest BCUT2D eigenvalue weighted by Crippen LogP contribution is -2.29. The van der Waals surface area contributed by atoms with Gasteiger partial charge in [-0.15, -0.1) is 0 Å². The van der Waals surface area contributed by atoms with Crippen LogP contribution in [-0.2, 0) is 0 Å². The van der Waals surface area contributed by atoms with Gasteiger partial charge in [0.1, 0.15) is 11.2 Å². The lowest BCUT2D eigenvalue weighted by atomic mass is 10.1. The third-order valence-electron chi connectivity index (χ3n) is 3.26. The second kappa shape index (κ2) is 5.64. The van der Waals surface area contributed by atoms with E-state index < -0.39 is 0 Å². The fourth-order valence-electron chi connectivity index (χ4n) is 1.30. The molecule has 0 saturated carbocycles. The van der Waals surface area contributed by atoms with Gasteiger partial charge in [-0.05, 0) is 58.7 Å². The third-order valence-corrected chi connectivity index (χ3v) is 3.26. The minimum absolute atomic E-state index is 0.185. The minimum Gasteiger partial charge on any atom is -0.484 e. The van der Waals surface area contributed by atoms with Crippen molar-refractivity contribution in [2.24, 2.45) is 0 Å². The number of hydrogen-bond acceptors (Lipinski definition) is 2. The molecule has 0 N–H and O–H groups in total. The van der Waals surface area contributed by atoms with E-state index in [1.807, 2.05) is 18.2 Å². The summed E-state index contributed by atoms with van der Waals surface area (Å²) in [6.07, 6.45) is 1.89. The van der Waals surface area contributed by atoms with Gasteiger partial charge in [0.15, 0.2) is 11.5 Å². The van der Waals surface area contributed by atoms with Crippen LogP contribution in [0, 0.1) is 6.07 Å². The van der Waals surface area contributed by atoms with E-state index >= 15 is 0 Å². The molecule has 0 fully saturated rings. The Hall–Kier alpha value is -1.18. The summed E-state index contributed by atoms with van der Waals surface area (Å²) in [5.74, 6) is 1.56. The Morgan fingerprint density at radius 1 is 0.944 bits per heavy atom. The van der Waals surface area contributed by atoms with E-state index in [-0.39, 0.29) is 11.2 Å². The predicted octanol–water partition coefficient (Wildman–Crippen LogP) is 4.62. The van der Waals surface area contributed by atoms with Crippen molar-refractivity contribution in [2.75, 3.05) is 0 Å². The normalized spacial score (nSPS) is 12.3. The number of rotatable bonds is 6. The average molecular weight is 249 g/mol. The lowest BCUT2D eigenvalue weighted by Gasteiger charge is -2.29. The van der Waals surface area contributed by atoms with E-state index in [1.54, 1.807) is 0 Å². The van der Waals surface area contributed by atoms with Gasteiger partial charge < -0.3 is 9.47 Å². The van der Waals surface area contributed by atoms with Crippen molar-refractivity contribution >= 4 is 0 Å². The van der Waals surface area contributed by atoms with Crippen molar-refractivity contribution in [2.45, 2.75) is 65.6 Å². The van der Waals surface area contributed by atoms with E-state index in [2.05, 4.69) is 47.6 Å². The van der Waals surface area contributed by atoms with Crippen molar-refractivity contribution in [3.8, 4) is 11.5 Å². The first kappa shape index (κ1) is 14.9. The fraction of sp³-hybridized carbons (Fsp3) is 0.625. The van der Waals surface area contributed by atoms with Crippen molar-refractivity contribution in [1.82, 2.24) is 0 Å². The van der Waals surface area contributed by atoms with Gasteiger partial charge in [-0.1, -0.05) is 19.9 Å². The van der Waals surface area contributed by atoms with Crippen LogP contribution in [0.2, 0.25) is 0 Å². The monoisotopic (exact) mass is 249 g/mol. The molecule has 0 bridgehead atoms. The van der Waals surface area contributed by atoms with Crippen LogP contribution in [0.4, 0.5) is 0 Å². The zero-order valence-electron chi connectivity index (χ0n) is 12.5. The first-order valence-electron chi connectivity index (χ1n) is 6.68. The zero-order chi connectivity index (χ0) is 13.8. The van der Waals surface area contributed by atoms with Gasteiger partial charge in [0.05, 0.1) is 0 Å². The molecule has 18 heavy (non-hydrogen) atoms. The van der Waals surface area contributed by atoms with Crippen LogP contribution in [0.5, 0.6) is 11.5 Å². The summed E-state index contributed by atoms with van der Waals surface area (Å²) in [5.41, 5.74) is -0.376. The highest BCUT2D eigenvalue weighted by atomic mass is 16.5. The lowest BCUT2D eigenvalue weighted by molar-refractivity contribution is 0.0728. The molecule has 0 heterocycles. The fourth-order valence-corrected chi connectivity index (χ4v) is 1.30. The maximum Gasteiger partial charge on any atom is 0.162 e. The highest BCUT2D eigenvalue weighted by molar-refractivity contribution is 5.39. The Bertz CT molecular complexity index is 343. The first-order valence-corrected chi connectivity index (χ1v) is 6.68. The molecule has 1 rings (SSSR count). The van der Waals surface area contributed by atoms with E-state index in [4.69, 9.17) is 9.47 Å². The Labute approximate surface area is 111 Å². The Balaban J connectivity index is 2.93. The molecule has 0 aromatic heterocycles. The van der Waals surface area contributed by atoms with E-state index in [0.29, 0.717) is 0 Å². The topological polar surface area (TPSA) is 18.5 Å². The van der Waals surface area contributed by atoms with Gasteiger partial charge in [-0.2, -0.15) is 0 Å². The SMILES string of the molecule is CCC(C)(C)Oc1c[c]ccc1OC(C)(C)CC. The molecule has 1 aromatic carbocycles. The maximum atomic E-state index is 6.03. The molecular formula is C16H25O2. The first-order chi connectivity index (χ1) is 8.29. The summed E-state index contributed by atoms with van der Waals surface area (Å²) in [6.45, 7) is 12.6. The van der Waals surface area contributed by atoms with Crippen molar-refractivity contribution in [3.63, 3.8) is 0 Å². The summed E-state index contributed by atoms with van der Waals surface area (Å²) < 4.78 is 12.0. The molecule has 0 spiro atoms. The quantitative estimate of drug-likeness (QED) is 0.732. The average Bonchev–Trinajstić information content (AvgIpc) is 2.31. The van der Waals surface area contributed by atoms with Crippen molar-refractivity contribution in [3.05, 3.63) is 24.3 Å². The standard InChI is InChI=1S/C16H25O2/c1-7-15(3,4)17-13-11-9-10-12-14(13)18-16(5,6)8-2/h9,11-12H,7-8H2,1-6H3. The number of hydrogen-bond donors (Lipinski definition) is 0. The largest absolute Gasteiger partial charge is 0.484 e. The van der Waals surface area contributed by atoms with Crippen LogP contribution in [0.1, 0.15) is 54.4 Å². The van der Waals surface area contributed by atoms with Gasteiger partial charge >= 0.3 is 0 Å². The van der Waals surface area contributed by atoms with Crippen molar-refractivity contribution in [1.29, 1.82) is 0 Å². The second-order valence-electron chi connectivity index (χ2n) is 5.80. The van der Waals surface area contributed by atoms with Crippen LogP contribution < -0.4 is 9.47 Å². The predicted molar refractivity (Wildman–Crippen MR) is 75.3 cm³/mol. The summed E-state index contributed by atoms with van der Waals surface area (Å²) in [7, 11) is 0. The molecule has 0 unspecified atom stereocenters. The molecule has 0 aliphatic heterocycles. The van der Waals surface area contributed by atoms with Crippen LogP contribution in [0.3, 0.4) is 0 Å². The van der Waals surface area contributed by atoms with Gasteiger partial charge in [0.2, 0.25) is 0 Å². The number of benzene rings is 1. The van der Waals surface area contributed by atoms with Crippen LogP contribution >= 0.6 is 0 Å². The molecule has 0 amide bonds. The Kier molecular flexibility index (Phi) is 4.66. The minimum atomic E-state index is -0.191. The molecule has 101 valence electrons. The molecule has 1 aromatic rings. The highest BCUT2D eigenvalue weighted by Crippen LogP contribution is 2.33. The molecular weight excluding hydrogens is 224 g/mol. The third kappa shape index (κ3) is 4.25. The van der Waals surface area contributed by atoms with E-state index in [9.17, 15) is 0 Å². The zero-order valence-corrected chi connectivity index (χ0v) is 12.5. The maximum absolute atomic E-state index is 6.03. The van der Waals surface area contributed by atoms with Crippen LogP contribution in [0.15, 0.2) is 18.2 Å². The Morgan fingerprint density at radius 3 is 1.94 bits per heavy atom. The molecule has 0 aliphatic rings. The summed E-state index contributed by atoms with van der Waals surface area (Å²) >= 11 is 0. The summed E-state index contributed by atoms with van der Waals surface area (Å²) in [4.78, 5) is 0. The van der Waals surface area contributed by atoms with E-state index in [0.717, 1.165) is 24.3 Å². The molecule has 0 aliphatic carbocycles. The molecule has 2 nitrogen and oxygen atoms in total. The Morgan fingerprint density at radius 2 is 1.44 bits per heavy atom. The van der Waals surface area contributed by atoms with Gasteiger partial charge in [0, 0.05) is 0 Å². The second-order valence-corrected chi connectivity index (χ2v) is 5.80. The van der Waals surface area contributed by atoms with Gasteiger partial charge in [0.25, 0.3) is 0 Å². The summed E-state index contributed by atoms with van der Waals surface area (Å²) in [5, 5.41) is 0. The van der Waals surface area contributed by atoms with E-state index in [1.165, 1.54) is 0 Å². The van der Waals surface area contributed by atoms with Gasteiger partial charge in [-0.25, -0.2) is 0 Å². The molecule has 1 radical (unpaired) electrons. The molecule has 2 heteroatoms. The van der Waals surface area contributed by atoms with Gasteiger partial charge in [-0.3, -0.25) is 0 Å². The molecule has 0 saturated heterocycles. The molecule has 0 atom stereocenters. The number of ether oxygens (including phenoxy) is 2. The van der Waals surface area contributed by atoms with Crippen LogP contribution in [0.25, 0.3) is 0 Å².